The fourth-order valence-electron chi connectivity index (χ4n) is 1.69. The molecule has 1 unspecified atom stereocenters. The SMILES string of the molecule is O=C(CCC(=O)c1ccc(Cl)nc1)C1=CNC(Cl)C=C1. The molecule has 0 fully saturated rings. The van der Waals surface area contributed by atoms with Crippen molar-refractivity contribution in [2.24, 2.45) is 0 Å². The Balaban J connectivity index is 1.89. The number of hydrogen-bond donors (Lipinski definition) is 1. The number of Topliss-reactive ketones (excluding diaryl/α,β-unsaturated/α-hetero) is 2. The minimum absolute atomic E-state index is 0.104. The quantitative estimate of drug-likeness (QED) is 0.393. The largest absolute Gasteiger partial charge is 0.371 e. The molecule has 0 bridgehead atoms. The van der Waals surface area contributed by atoms with E-state index in [0.29, 0.717) is 16.3 Å². The van der Waals surface area contributed by atoms with E-state index in [2.05, 4.69) is 10.3 Å². The van der Waals surface area contributed by atoms with Gasteiger partial charge in [-0.05, 0) is 18.2 Å². The fourth-order valence-corrected chi connectivity index (χ4v) is 1.94. The highest BCUT2D eigenvalue weighted by Crippen LogP contribution is 2.13. The zero-order chi connectivity index (χ0) is 14.5. The van der Waals surface area contributed by atoms with Crippen LogP contribution in [-0.2, 0) is 4.79 Å². The Morgan fingerprint density at radius 3 is 2.60 bits per heavy atom. The summed E-state index contributed by atoms with van der Waals surface area (Å²) < 4.78 is 0. The zero-order valence-corrected chi connectivity index (χ0v) is 12.0. The number of aromatic nitrogens is 1. The predicted molar refractivity (Wildman–Crippen MR) is 77.8 cm³/mol. The summed E-state index contributed by atoms with van der Waals surface area (Å²) in [5.74, 6) is -0.237. The second-order valence-electron chi connectivity index (χ2n) is 4.24. The number of hydrogen-bond acceptors (Lipinski definition) is 4. The molecule has 0 spiro atoms. The Morgan fingerprint density at radius 1 is 1.25 bits per heavy atom. The summed E-state index contributed by atoms with van der Waals surface area (Å²) >= 11 is 11.4. The number of alkyl halides is 1. The van der Waals surface area contributed by atoms with Crippen LogP contribution >= 0.6 is 23.2 Å². The minimum Gasteiger partial charge on any atom is -0.371 e. The molecular formula is C14H12Cl2N2O2. The standard InChI is InChI=1S/C14H12Cl2N2O2/c15-13-5-1-9(7-17-13)11(19)3-4-12(20)10-2-6-14(16)18-8-10/h1-2,5-8,13,17H,3-4H2. The molecular weight excluding hydrogens is 299 g/mol. The lowest BCUT2D eigenvalue weighted by Crippen LogP contribution is -2.21. The van der Waals surface area contributed by atoms with E-state index in [1.54, 1.807) is 30.5 Å². The van der Waals surface area contributed by atoms with Crippen LogP contribution in [0.2, 0.25) is 5.15 Å². The summed E-state index contributed by atoms with van der Waals surface area (Å²) in [7, 11) is 0. The number of carbonyl (C=O) groups excluding carboxylic acids is 2. The molecule has 1 aromatic rings. The lowest BCUT2D eigenvalue weighted by Gasteiger charge is -2.11. The van der Waals surface area contributed by atoms with Gasteiger partial charge in [0.1, 0.15) is 10.7 Å². The van der Waals surface area contributed by atoms with E-state index in [-0.39, 0.29) is 29.9 Å². The Morgan fingerprint density at radius 2 is 2.00 bits per heavy atom. The summed E-state index contributed by atoms with van der Waals surface area (Å²) in [5.41, 5.74) is 0.673. The molecule has 1 atom stereocenters. The first-order valence-electron chi connectivity index (χ1n) is 6.03. The van der Waals surface area contributed by atoms with Crippen LogP contribution in [0.25, 0.3) is 0 Å². The molecule has 4 nitrogen and oxygen atoms in total. The number of dihydropyridines is 1. The zero-order valence-electron chi connectivity index (χ0n) is 10.5. The summed E-state index contributed by atoms with van der Waals surface area (Å²) in [6, 6.07) is 3.15. The molecule has 0 saturated carbocycles. The Hall–Kier alpha value is -1.65. The number of pyridine rings is 1. The van der Waals surface area contributed by atoms with E-state index in [1.807, 2.05) is 0 Å². The monoisotopic (exact) mass is 310 g/mol. The van der Waals surface area contributed by atoms with Gasteiger partial charge in [-0.1, -0.05) is 29.3 Å². The average Bonchev–Trinajstić information content (AvgIpc) is 2.46. The molecule has 20 heavy (non-hydrogen) atoms. The van der Waals surface area contributed by atoms with Gasteiger partial charge < -0.3 is 5.32 Å². The van der Waals surface area contributed by atoms with Gasteiger partial charge in [0, 0.05) is 36.4 Å². The predicted octanol–water partition coefficient (Wildman–Crippen LogP) is 2.88. The molecule has 0 amide bonds. The number of nitrogens with one attached hydrogen (secondary N) is 1. The number of rotatable bonds is 5. The van der Waals surface area contributed by atoms with Crippen LogP contribution in [0, 0.1) is 0 Å². The molecule has 0 radical (unpaired) electrons. The molecule has 2 heterocycles. The van der Waals surface area contributed by atoms with E-state index in [9.17, 15) is 9.59 Å². The van der Waals surface area contributed by atoms with E-state index < -0.39 is 0 Å². The molecule has 0 aliphatic carbocycles. The molecule has 6 heteroatoms. The van der Waals surface area contributed by atoms with Crippen molar-refractivity contribution in [1.29, 1.82) is 0 Å². The molecule has 2 rings (SSSR count). The third-order valence-electron chi connectivity index (χ3n) is 2.79. The van der Waals surface area contributed by atoms with Crippen LogP contribution < -0.4 is 5.32 Å². The van der Waals surface area contributed by atoms with Crippen molar-refractivity contribution < 1.29 is 9.59 Å². The number of ketones is 2. The minimum atomic E-state index is -0.298. The number of halogens is 2. The van der Waals surface area contributed by atoms with Crippen LogP contribution in [0.4, 0.5) is 0 Å². The molecule has 1 aliphatic heterocycles. The van der Waals surface area contributed by atoms with E-state index in [0.717, 1.165) is 0 Å². The summed E-state index contributed by atoms with van der Waals surface area (Å²) in [5, 5.41) is 3.16. The molecule has 1 N–H and O–H groups in total. The second-order valence-corrected chi connectivity index (χ2v) is 5.10. The van der Waals surface area contributed by atoms with Gasteiger partial charge in [0.15, 0.2) is 11.6 Å². The van der Waals surface area contributed by atoms with E-state index in [4.69, 9.17) is 23.2 Å². The van der Waals surface area contributed by atoms with Gasteiger partial charge in [-0.2, -0.15) is 0 Å². The van der Waals surface area contributed by atoms with Crippen LogP contribution in [0.3, 0.4) is 0 Å². The molecule has 104 valence electrons. The smallest absolute Gasteiger partial charge is 0.164 e. The maximum Gasteiger partial charge on any atom is 0.164 e. The van der Waals surface area contributed by atoms with Crippen molar-refractivity contribution in [2.45, 2.75) is 18.3 Å². The van der Waals surface area contributed by atoms with Crippen LogP contribution in [0.1, 0.15) is 23.2 Å². The van der Waals surface area contributed by atoms with Crippen LogP contribution in [-0.4, -0.2) is 22.1 Å². The second kappa shape index (κ2) is 6.68. The first kappa shape index (κ1) is 14.8. The van der Waals surface area contributed by atoms with Gasteiger partial charge in [0.2, 0.25) is 0 Å². The van der Waals surface area contributed by atoms with Crippen LogP contribution in [0.15, 0.2) is 42.3 Å². The number of allylic oxidation sites excluding steroid dienone is 2. The molecule has 1 aliphatic rings. The van der Waals surface area contributed by atoms with Crippen molar-refractivity contribution >= 4 is 34.8 Å². The number of carbonyl (C=O) groups is 2. The van der Waals surface area contributed by atoms with Crippen molar-refractivity contribution in [3.63, 3.8) is 0 Å². The summed E-state index contributed by atoms with van der Waals surface area (Å²) in [6.45, 7) is 0. The third-order valence-corrected chi connectivity index (χ3v) is 3.29. The van der Waals surface area contributed by atoms with Gasteiger partial charge in [0.25, 0.3) is 0 Å². The lowest BCUT2D eigenvalue weighted by molar-refractivity contribution is -0.115. The van der Waals surface area contributed by atoms with Gasteiger partial charge in [-0.3, -0.25) is 9.59 Å². The first-order valence-corrected chi connectivity index (χ1v) is 6.84. The third kappa shape index (κ3) is 3.92. The fraction of sp³-hybridized carbons (Fsp3) is 0.214. The van der Waals surface area contributed by atoms with Crippen molar-refractivity contribution in [3.8, 4) is 0 Å². The van der Waals surface area contributed by atoms with E-state index >= 15 is 0 Å². The van der Waals surface area contributed by atoms with Gasteiger partial charge in [-0.25, -0.2) is 4.98 Å². The van der Waals surface area contributed by atoms with Gasteiger partial charge >= 0.3 is 0 Å². The molecule has 0 aromatic carbocycles. The van der Waals surface area contributed by atoms with Crippen molar-refractivity contribution in [1.82, 2.24) is 10.3 Å². The van der Waals surface area contributed by atoms with Crippen molar-refractivity contribution in [3.05, 3.63) is 53.0 Å². The van der Waals surface area contributed by atoms with Gasteiger partial charge in [0.05, 0.1) is 0 Å². The molecule has 0 saturated heterocycles. The van der Waals surface area contributed by atoms with Gasteiger partial charge in [-0.15, -0.1) is 0 Å². The highest BCUT2D eigenvalue weighted by Gasteiger charge is 2.14. The topological polar surface area (TPSA) is 59.1 Å². The summed E-state index contributed by atoms with van der Waals surface area (Å²) in [4.78, 5) is 27.6. The normalized spacial score (nSPS) is 17.3. The maximum atomic E-state index is 11.9. The average molecular weight is 311 g/mol. The molecule has 1 aromatic heterocycles. The summed E-state index contributed by atoms with van der Waals surface area (Å²) in [6.07, 6.45) is 6.59. The van der Waals surface area contributed by atoms with Crippen molar-refractivity contribution in [2.75, 3.05) is 0 Å². The highest BCUT2D eigenvalue weighted by atomic mass is 35.5. The highest BCUT2D eigenvalue weighted by molar-refractivity contribution is 6.29. The Labute approximate surface area is 126 Å². The first-order chi connectivity index (χ1) is 9.56. The van der Waals surface area contributed by atoms with E-state index in [1.165, 1.54) is 6.20 Å². The van der Waals surface area contributed by atoms with Crippen LogP contribution in [0.5, 0.6) is 0 Å². The maximum absolute atomic E-state index is 11.9. The number of nitrogens with zero attached hydrogens (tertiary/aromatic N) is 1. The Kier molecular flexibility index (Phi) is 4.93. The Bertz CT molecular complexity index is 579. The lowest BCUT2D eigenvalue weighted by atomic mass is 10.0.